The predicted octanol–water partition coefficient (Wildman–Crippen LogP) is 2.65. The first-order valence-electron chi connectivity index (χ1n) is 9.42. The van der Waals surface area contributed by atoms with Crippen molar-refractivity contribution in [2.45, 2.75) is 19.4 Å². The number of imide groups is 1. The van der Waals surface area contributed by atoms with Crippen LogP contribution in [-0.4, -0.2) is 29.3 Å². The zero-order valence-corrected chi connectivity index (χ0v) is 16.7. The number of fused-ring (bicyclic) bond motifs is 1. The Morgan fingerprint density at radius 2 is 1.84 bits per heavy atom. The molecule has 0 bridgehead atoms. The van der Waals surface area contributed by atoms with Crippen LogP contribution >= 0.6 is 0 Å². The Bertz CT molecular complexity index is 1280. The maximum absolute atomic E-state index is 13.2. The van der Waals surface area contributed by atoms with Gasteiger partial charge in [-0.25, -0.2) is 14.0 Å². The molecule has 1 unspecified atom stereocenters. The van der Waals surface area contributed by atoms with Crippen molar-refractivity contribution >= 4 is 34.5 Å². The van der Waals surface area contributed by atoms with E-state index in [1.807, 2.05) is 0 Å². The Labute approximate surface area is 175 Å². The van der Waals surface area contributed by atoms with Crippen LogP contribution in [-0.2, 0) is 15.1 Å². The molecule has 4 rings (SSSR count). The number of hydrogen-bond acceptors (Lipinski definition) is 5. The lowest BCUT2D eigenvalue weighted by atomic mass is 9.92. The summed E-state index contributed by atoms with van der Waals surface area (Å²) >= 11 is 0. The van der Waals surface area contributed by atoms with Crippen molar-refractivity contribution in [1.29, 1.82) is 0 Å². The van der Waals surface area contributed by atoms with Gasteiger partial charge < -0.3 is 15.1 Å². The highest BCUT2D eigenvalue weighted by Crippen LogP contribution is 2.29. The molecule has 2 heterocycles. The van der Waals surface area contributed by atoms with Gasteiger partial charge in [-0.15, -0.1) is 0 Å². The highest BCUT2D eigenvalue weighted by Gasteiger charge is 2.49. The maximum Gasteiger partial charge on any atom is 0.336 e. The van der Waals surface area contributed by atoms with Gasteiger partial charge in [0.1, 0.15) is 23.5 Å². The molecule has 1 fully saturated rings. The quantitative estimate of drug-likeness (QED) is 0.495. The molecule has 1 atom stereocenters. The first kappa shape index (κ1) is 20.3. The minimum atomic E-state index is -1.41. The summed E-state index contributed by atoms with van der Waals surface area (Å²) in [6.07, 6.45) is 0. The van der Waals surface area contributed by atoms with E-state index in [2.05, 4.69) is 10.6 Å². The van der Waals surface area contributed by atoms with E-state index >= 15 is 0 Å². The number of anilines is 1. The van der Waals surface area contributed by atoms with Gasteiger partial charge in [-0.2, -0.15) is 0 Å². The molecule has 0 saturated carbocycles. The molecule has 158 valence electrons. The smallest absolute Gasteiger partial charge is 0.336 e. The summed E-state index contributed by atoms with van der Waals surface area (Å²) in [6.45, 7) is 2.75. The van der Waals surface area contributed by atoms with Crippen LogP contribution in [0.4, 0.5) is 14.9 Å². The van der Waals surface area contributed by atoms with Gasteiger partial charge in [0.15, 0.2) is 0 Å². The van der Waals surface area contributed by atoms with E-state index in [1.165, 1.54) is 43.3 Å². The summed E-state index contributed by atoms with van der Waals surface area (Å²) in [7, 11) is 0. The van der Waals surface area contributed by atoms with Gasteiger partial charge in [-0.1, -0.05) is 12.1 Å². The lowest BCUT2D eigenvalue weighted by Crippen LogP contribution is -2.42. The van der Waals surface area contributed by atoms with Crippen LogP contribution in [0.1, 0.15) is 18.1 Å². The Morgan fingerprint density at radius 3 is 2.55 bits per heavy atom. The van der Waals surface area contributed by atoms with E-state index in [0.29, 0.717) is 16.8 Å². The number of rotatable bonds is 4. The average Bonchev–Trinajstić information content (AvgIpc) is 2.92. The number of nitrogens with zero attached hydrogens (tertiary/aromatic N) is 1. The third kappa shape index (κ3) is 3.65. The molecular formula is C22H18FN3O5. The lowest BCUT2D eigenvalue weighted by molar-refractivity contribution is -0.133. The molecule has 0 spiro atoms. The maximum atomic E-state index is 13.2. The van der Waals surface area contributed by atoms with E-state index in [0.717, 1.165) is 15.8 Å². The van der Waals surface area contributed by atoms with Gasteiger partial charge in [0.05, 0.1) is 0 Å². The van der Waals surface area contributed by atoms with Crippen LogP contribution in [0, 0.1) is 12.7 Å². The molecule has 2 N–H and O–H groups in total. The minimum absolute atomic E-state index is 0.307. The Hall–Kier alpha value is -4.01. The van der Waals surface area contributed by atoms with Gasteiger partial charge >= 0.3 is 11.7 Å². The normalized spacial score (nSPS) is 18.4. The van der Waals surface area contributed by atoms with E-state index in [-0.39, 0.29) is 0 Å². The SMILES string of the molecule is Cc1cc(=O)oc2cc(NC(=O)CN3C(=O)NC(C)(c4ccc(F)cc4)C3=O)ccc12. The van der Waals surface area contributed by atoms with Crippen molar-refractivity contribution in [2.75, 3.05) is 11.9 Å². The number of nitrogens with one attached hydrogen (secondary N) is 2. The number of urea groups is 1. The van der Waals surface area contributed by atoms with Gasteiger partial charge in [-0.3, -0.25) is 14.5 Å². The van der Waals surface area contributed by atoms with Crippen LogP contribution in [0.3, 0.4) is 0 Å². The number of carbonyl (C=O) groups excluding carboxylic acids is 3. The molecule has 0 aliphatic carbocycles. The van der Waals surface area contributed by atoms with Gasteiger partial charge in [0.2, 0.25) is 5.91 Å². The van der Waals surface area contributed by atoms with Crippen molar-refractivity contribution < 1.29 is 23.2 Å². The lowest BCUT2D eigenvalue weighted by Gasteiger charge is -2.22. The third-order valence-corrected chi connectivity index (χ3v) is 5.23. The van der Waals surface area contributed by atoms with Crippen LogP contribution in [0.25, 0.3) is 11.0 Å². The van der Waals surface area contributed by atoms with E-state index < -0.39 is 41.4 Å². The zero-order valence-electron chi connectivity index (χ0n) is 16.7. The van der Waals surface area contributed by atoms with Crippen molar-refractivity contribution in [3.63, 3.8) is 0 Å². The fourth-order valence-electron chi connectivity index (χ4n) is 3.57. The molecule has 1 aliphatic heterocycles. The van der Waals surface area contributed by atoms with Crippen LogP contribution in [0.2, 0.25) is 0 Å². The number of amides is 4. The first-order valence-corrected chi connectivity index (χ1v) is 9.42. The Morgan fingerprint density at radius 1 is 1.13 bits per heavy atom. The molecule has 31 heavy (non-hydrogen) atoms. The molecule has 1 aliphatic rings. The zero-order chi connectivity index (χ0) is 22.3. The van der Waals surface area contributed by atoms with E-state index in [1.54, 1.807) is 19.1 Å². The van der Waals surface area contributed by atoms with Crippen LogP contribution in [0.15, 0.2) is 57.7 Å². The number of halogens is 1. The van der Waals surface area contributed by atoms with Crippen molar-refractivity contribution in [3.8, 4) is 0 Å². The topological polar surface area (TPSA) is 109 Å². The monoisotopic (exact) mass is 423 g/mol. The van der Waals surface area contributed by atoms with Crippen LogP contribution < -0.4 is 16.3 Å². The summed E-state index contributed by atoms with van der Waals surface area (Å²) in [6, 6.07) is 10.7. The van der Waals surface area contributed by atoms with E-state index in [4.69, 9.17) is 4.42 Å². The van der Waals surface area contributed by atoms with Crippen molar-refractivity contribution in [1.82, 2.24) is 10.2 Å². The number of benzene rings is 2. The molecule has 0 radical (unpaired) electrons. The predicted molar refractivity (Wildman–Crippen MR) is 110 cm³/mol. The highest BCUT2D eigenvalue weighted by molar-refractivity contribution is 6.10. The minimum Gasteiger partial charge on any atom is -0.423 e. The summed E-state index contributed by atoms with van der Waals surface area (Å²) in [5.74, 6) is -1.71. The summed E-state index contributed by atoms with van der Waals surface area (Å²) in [5.41, 5.74) is -0.123. The Kier molecular flexibility index (Phi) is 4.81. The largest absolute Gasteiger partial charge is 0.423 e. The summed E-state index contributed by atoms with van der Waals surface area (Å²) in [4.78, 5) is 50.1. The highest BCUT2D eigenvalue weighted by atomic mass is 19.1. The van der Waals surface area contributed by atoms with Crippen molar-refractivity contribution in [2.24, 2.45) is 0 Å². The van der Waals surface area contributed by atoms with Gasteiger partial charge in [-0.05, 0) is 49.2 Å². The standard InChI is InChI=1S/C22H18FN3O5/c1-12-9-19(28)31-17-10-15(7-8-16(12)17)24-18(27)11-26-20(29)22(2,25-21(26)30)13-3-5-14(23)6-4-13/h3-10H,11H2,1-2H3,(H,24,27)(H,25,30). The molecule has 4 amide bonds. The molecule has 1 aromatic heterocycles. The van der Waals surface area contributed by atoms with Crippen molar-refractivity contribution in [3.05, 3.63) is 75.9 Å². The number of aryl methyl sites for hydroxylation is 1. The van der Waals surface area contributed by atoms with Gasteiger partial charge in [0, 0.05) is 23.2 Å². The number of carbonyl (C=O) groups is 3. The molecule has 3 aromatic rings. The third-order valence-electron chi connectivity index (χ3n) is 5.23. The molecule has 1 saturated heterocycles. The molecule has 2 aromatic carbocycles. The van der Waals surface area contributed by atoms with Gasteiger partial charge in [0.25, 0.3) is 5.91 Å². The number of hydrogen-bond donors (Lipinski definition) is 2. The second-order valence-corrected chi connectivity index (χ2v) is 7.46. The summed E-state index contributed by atoms with van der Waals surface area (Å²) < 4.78 is 18.4. The fraction of sp³-hybridized carbons (Fsp3) is 0.182. The fourth-order valence-corrected chi connectivity index (χ4v) is 3.57. The second kappa shape index (κ2) is 7.35. The molecular weight excluding hydrogens is 405 g/mol. The Balaban J connectivity index is 1.51. The molecule has 8 nitrogen and oxygen atoms in total. The average molecular weight is 423 g/mol. The van der Waals surface area contributed by atoms with Crippen LogP contribution in [0.5, 0.6) is 0 Å². The molecule has 9 heteroatoms. The first-order chi connectivity index (χ1) is 14.7. The summed E-state index contributed by atoms with van der Waals surface area (Å²) in [5, 5.41) is 5.87. The second-order valence-electron chi connectivity index (χ2n) is 7.46. The van der Waals surface area contributed by atoms with E-state index in [9.17, 15) is 23.6 Å².